The zero-order chi connectivity index (χ0) is 15.1. The van der Waals surface area contributed by atoms with E-state index in [1.54, 1.807) is 6.07 Å². The van der Waals surface area contributed by atoms with Crippen LogP contribution in [0, 0.1) is 12.8 Å². The lowest BCUT2D eigenvalue weighted by atomic mass is 10.1. The molecule has 110 valence electrons. The van der Waals surface area contributed by atoms with Gasteiger partial charge in [0.2, 0.25) is 0 Å². The summed E-state index contributed by atoms with van der Waals surface area (Å²) in [6.45, 7) is 5.53. The molecule has 1 N–H and O–H groups in total. The van der Waals surface area contributed by atoms with E-state index >= 15 is 0 Å². The molecule has 6 heteroatoms. The molecule has 1 atom stereocenters. The summed E-state index contributed by atoms with van der Waals surface area (Å²) in [6.07, 6.45) is -0.669. The van der Waals surface area contributed by atoms with Crippen LogP contribution in [0.25, 0.3) is 0 Å². The fourth-order valence-electron chi connectivity index (χ4n) is 1.61. The molecule has 0 aliphatic rings. The summed E-state index contributed by atoms with van der Waals surface area (Å²) in [5.41, 5.74) is 1.50. The molecule has 1 aromatic rings. The Morgan fingerprint density at radius 1 is 1.35 bits per heavy atom. The van der Waals surface area contributed by atoms with E-state index in [4.69, 9.17) is 4.74 Å². The summed E-state index contributed by atoms with van der Waals surface area (Å²) in [7, 11) is 1.28. The lowest BCUT2D eigenvalue weighted by Gasteiger charge is -2.19. The van der Waals surface area contributed by atoms with Gasteiger partial charge >= 0.3 is 12.1 Å². The number of hydrogen-bond donors (Lipinski definition) is 1. The predicted octanol–water partition coefficient (Wildman–Crippen LogP) is 1.81. The Balaban J connectivity index is 2.52. The van der Waals surface area contributed by atoms with Gasteiger partial charge < -0.3 is 14.8 Å². The Bertz CT molecular complexity index is 474. The van der Waals surface area contributed by atoms with Gasteiger partial charge in [-0.3, -0.25) is 4.98 Å². The summed E-state index contributed by atoms with van der Waals surface area (Å²) >= 11 is 0. The first-order valence-corrected chi connectivity index (χ1v) is 6.37. The largest absolute Gasteiger partial charge is 0.467 e. The molecular formula is C14H20N2O4. The summed E-state index contributed by atoms with van der Waals surface area (Å²) < 4.78 is 9.67. The molecule has 0 aliphatic carbocycles. The van der Waals surface area contributed by atoms with Crippen molar-refractivity contribution >= 4 is 12.1 Å². The highest BCUT2D eigenvalue weighted by atomic mass is 16.6. The van der Waals surface area contributed by atoms with E-state index in [9.17, 15) is 9.59 Å². The minimum Gasteiger partial charge on any atom is -0.467 e. The van der Waals surface area contributed by atoms with Crippen LogP contribution in [-0.4, -0.2) is 30.2 Å². The molecule has 1 amide bonds. The number of carbonyl (C=O) groups is 2. The number of nitrogens with one attached hydrogen (secondary N) is 1. The van der Waals surface area contributed by atoms with Crippen molar-refractivity contribution in [3.63, 3.8) is 0 Å². The van der Waals surface area contributed by atoms with Gasteiger partial charge in [-0.05, 0) is 25.0 Å². The topological polar surface area (TPSA) is 77.5 Å². The minimum atomic E-state index is -0.724. The zero-order valence-electron chi connectivity index (χ0n) is 12.2. The van der Waals surface area contributed by atoms with Crippen molar-refractivity contribution < 1.29 is 19.1 Å². The SMILES string of the molecule is COC(=O)[C@@H](NC(=O)OCc1cccc(C)n1)C(C)C. The van der Waals surface area contributed by atoms with Crippen LogP contribution >= 0.6 is 0 Å². The number of aromatic nitrogens is 1. The van der Waals surface area contributed by atoms with Crippen LogP contribution in [0.15, 0.2) is 18.2 Å². The van der Waals surface area contributed by atoms with E-state index in [-0.39, 0.29) is 12.5 Å². The van der Waals surface area contributed by atoms with E-state index in [0.29, 0.717) is 5.69 Å². The third-order valence-corrected chi connectivity index (χ3v) is 2.69. The molecule has 0 spiro atoms. The zero-order valence-corrected chi connectivity index (χ0v) is 12.2. The predicted molar refractivity (Wildman–Crippen MR) is 72.9 cm³/mol. The van der Waals surface area contributed by atoms with Crippen molar-refractivity contribution in [3.8, 4) is 0 Å². The third-order valence-electron chi connectivity index (χ3n) is 2.69. The first-order valence-electron chi connectivity index (χ1n) is 6.37. The van der Waals surface area contributed by atoms with Gasteiger partial charge in [0.25, 0.3) is 0 Å². The van der Waals surface area contributed by atoms with Crippen molar-refractivity contribution in [3.05, 3.63) is 29.6 Å². The maximum atomic E-state index is 11.7. The van der Waals surface area contributed by atoms with Crippen LogP contribution in [0.3, 0.4) is 0 Å². The molecule has 0 saturated heterocycles. The number of rotatable bonds is 5. The molecule has 6 nitrogen and oxygen atoms in total. The highest BCUT2D eigenvalue weighted by Crippen LogP contribution is 2.05. The highest BCUT2D eigenvalue weighted by molar-refractivity contribution is 5.81. The Kier molecular flexibility index (Phi) is 5.96. The Hall–Kier alpha value is -2.11. The quantitative estimate of drug-likeness (QED) is 0.832. The van der Waals surface area contributed by atoms with E-state index in [2.05, 4.69) is 15.0 Å². The molecule has 0 saturated carbocycles. The Morgan fingerprint density at radius 2 is 2.05 bits per heavy atom. The van der Waals surface area contributed by atoms with Crippen molar-refractivity contribution in [1.29, 1.82) is 0 Å². The number of methoxy groups -OCH3 is 1. The highest BCUT2D eigenvalue weighted by Gasteiger charge is 2.25. The normalized spacial score (nSPS) is 11.8. The molecule has 0 bridgehead atoms. The average molecular weight is 280 g/mol. The summed E-state index contributed by atoms with van der Waals surface area (Å²) in [4.78, 5) is 27.4. The van der Waals surface area contributed by atoms with Crippen LogP contribution in [0.4, 0.5) is 4.79 Å². The van der Waals surface area contributed by atoms with Gasteiger partial charge in [-0.1, -0.05) is 19.9 Å². The number of carbonyl (C=O) groups excluding carboxylic acids is 2. The number of amides is 1. The third kappa shape index (κ3) is 4.87. The number of ether oxygens (including phenoxy) is 2. The number of pyridine rings is 1. The number of hydrogen-bond acceptors (Lipinski definition) is 5. The second-order valence-corrected chi connectivity index (χ2v) is 4.74. The standard InChI is InChI=1S/C14H20N2O4/c1-9(2)12(13(17)19-4)16-14(18)20-8-11-7-5-6-10(3)15-11/h5-7,9,12H,8H2,1-4H3,(H,16,18)/t12-/m0/s1. The van der Waals surface area contributed by atoms with Crippen molar-refractivity contribution in [2.24, 2.45) is 5.92 Å². The number of nitrogens with zero attached hydrogens (tertiary/aromatic N) is 1. The van der Waals surface area contributed by atoms with Gasteiger partial charge in [0.15, 0.2) is 0 Å². The summed E-state index contributed by atoms with van der Waals surface area (Å²) in [6, 6.07) is 4.73. The van der Waals surface area contributed by atoms with Crippen molar-refractivity contribution in [2.75, 3.05) is 7.11 Å². The van der Waals surface area contributed by atoms with Crippen LogP contribution in [0.2, 0.25) is 0 Å². The lowest BCUT2D eigenvalue weighted by molar-refractivity contribution is -0.144. The van der Waals surface area contributed by atoms with E-state index in [1.807, 2.05) is 32.9 Å². The average Bonchev–Trinajstić information content (AvgIpc) is 2.41. The molecule has 0 fully saturated rings. The Labute approximate surface area is 118 Å². The minimum absolute atomic E-state index is 0.0551. The molecule has 1 heterocycles. The first kappa shape index (κ1) is 15.9. The monoisotopic (exact) mass is 280 g/mol. The van der Waals surface area contributed by atoms with Crippen molar-refractivity contribution in [2.45, 2.75) is 33.4 Å². The number of aryl methyl sites for hydroxylation is 1. The van der Waals surface area contributed by atoms with E-state index < -0.39 is 18.1 Å². The van der Waals surface area contributed by atoms with Crippen LogP contribution in [0.1, 0.15) is 25.2 Å². The van der Waals surface area contributed by atoms with Gasteiger partial charge in [0.1, 0.15) is 12.6 Å². The molecule has 0 unspecified atom stereocenters. The molecule has 0 radical (unpaired) electrons. The molecule has 1 rings (SSSR count). The van der Waals surface area contributed by atoms with Gasteiger partial charge in [-0.15, -0.1) is 0 Å². The number of esters is 1. The van der Waals surface area contributed by atoms with E-state index in [0.717, 1.165) is 5.69 Å². The van der Waals surface area contributed by atoms with Crippen LogP contribution < -0.4 is 5.32 Å². The molecular weight excluding hydrogens is 260 g/mol. The smallest absolute Gasteiger partial charge is 0.408 e. The molecule has 20 heavy (non-hydrogen) atoms. The lowest BCUT2D eigenvalue weighted by Crippen LogP contribution is -2.45. The fourth-order valence-corrected chi connectivity index (χ4v) is 1.61. The second kappa shape index (κ2) is 7.47. The van der Waals surface area contributed by atoms with Crippen molar-refractivity contribution in [1.82, 2.24) is 10.3 Å². The van der Waals surface area contributed by atoms with Gasteiger partial charge in [-0.25, -0.2) is 9.59 Å². The molecule has 1 aromatic heterocycles. The summed E-state index contributed by atoms with van der Waals surface area (Å²) in [5.74, 6) is -0.585. The molecule has 0 aliphatic heterocycles. The summed E-state index contributed by atoms with van der Waals surface area (Å²) in [5, 5.41) is 2.49. The molecule has 0 aromatic carbocycles. The maximum absolute atomic E-state index is 11.7. The van der Waals surface area contributed by atoms with Gasteiger partial charge in [0, 0.05) is 5.69 Å². The second-order valence-electron chi connectivity index (χ2n) is 4.74. The van der Waals surface area contributed by atoms with Gasteiger partial charge in [-0.2, -0.15) is 0 Å². The van der Waals surface area contributed by atoms with Crippen LogP contribution in [0.5, 0.6) is 0 Å². The van der Waals surface area contributed by atoms with Gasteiger partial charge in [0.05, 0.1) is 12.8 Å². The maximum Gasteiger partial charge on any atom is 0.408 e. The van der Waals surface area contributed by atoms with E-state index in [1.165, 1.54) is 7.11 Å². The first-order chi connectivity index (χ1) is 9.43. The fraction of sp³-hybridized carbons (Fsp3) is 0.500. The van der Waals surface area contributed by atoms with Crippen LogP contribution in [-0.2, 0) is 20.9 Å². The number of alkyl carbamates (subject to hydrolysis) is 1. The Morgan fingerprint density at radius 3 is 2.60 bits per heavy atom.